The Balaban J connectivity index is 2.97. The number of sulfone groups is 1. The average molecular weight is 242 g/mol. The van der Waals surface area contributed by atoms with Gasteiger partial charge in [-0.3, -0.25) is 4.79 Å². The minimum atomic E-state index is -3.35. The standard InChI is InChI=1S/C11H14O4S/c1-8(16(3,13)14)11(12)9-4-6-10(15-2)7-5-9/h4-8H,1-3H3. The summed E-state index contributed by atoms with van der Waals surface area (Å²) in [5, 5.41) is -1.01. The maximum Gasteiger partial charge on any atom is 0.180 e. The monoisotopic (exact) mass is 242 g/mol. The average Bonchev–Trinajstić information content (AvgIpc) is 2.26. The zero-order valence-electron chi connectivity index (χ0n) is 9.43. The highest BCUT2D eigenvalue weighted by molar-refractivity contribution is 7.92. The zero-order valence-corrected chi connectivity index (χ0v) is 10.2. The van der Waals surface area contributed by atoms with E-state index in [0.717, 1.165) is 6.26 Å². The number of Topliss-reactive ketones (excluding diaryl/α,β-unsaturated/α-hetero) is 1. The van der Waals surface area contributed by atoms with E-state index in [9.17, 15) is 13.2 Å². The second-order valence-corrected chi connectivity index (χ2v) is 5.93. The lowest BCUT2D eigenvalue weighted by Gasteiger charge is -2.08. The molecule has 1 aromatic carbocycles. The summed E-state index contributed by atoms with van der Waals surface area (Å²) in [6, 6.07) is 6.37. The van der Waals surface area contributed by atoms with E-state index in [4.69, 9.17) is 4.74 Å². The van der Waals surface area contributed by atoms with Crippen LogP contribution in [0.4, 0.5) is 0 Å². The van der Waals surface area contributed by atoms with Crippen LogP contribution in [0.1, 0.15) is 17.3 Å². The molecule has 0 radical (unpaired) electrons. The Morgan fingerprint density at radius 1 is 1.25 bits per heavy atom. The minimum absolute atomic E-state index is 0.374. The summed E-state index contributed by atoms with van der Waals surface area (Å²) >= 11 is 0. The number of hydrogen-bond acceptors (Lipinski definition) is 4. The lowest BCUT2D eigenvalue weighted by molar-refractivity contribution is 0.0991. The molecule has 0 spiro atoms. The van der Waals surface area contributed by atoms with Crippen molar-refractivity contribution in [2.75, 3.05) is 13.4 Å². The van der Waals surface area contributed by atoms with Crippen molar-refractivity contribution in [3.05, 3.63) is 29.8 Å². The third kappa shape index (κ3) is 2.82. The second kappa shape index (κ2) is 4.65. The van der Waals surface area contributed by atoms with E-state index >= 15 is 0 Å². The number of methoxy groups -OCH3 is 1. The molecule has 0 bridgehead atoms. The van der Waals surface area contributed by atoms with Crippen molar-refractivity contribution in [3.8, 4) is 5.75 Å². The molecule has 1 aromatic rings. The van der Waals surface area contributed by atoms with Gasteiger partial charge in [0.25, 0.3) is 0 Å². The van der Waals surface area contributed by atoms with Gasteiger partial charge in [-0.2, -0.15) is 0 Å². The van der Waals surface area contributed by atoms with Gasteiger partial charge in [-0.15, -0.1) is 0 Å². The molecule has 5 heteroatoms. The predicted molar refractivity (Wildman–Crippen MR) is 61.6 cm³/mol. The van der Waals surface area contributed by atoms with Crippen molar-refractivity contribution in [2.24, 2.45) is 0 Å². The molecule has 0 saturated carbocycles. The predicted octanol–water partition coefficient (Wildman–Crippen LogP) is 1.31. The fourth-order valence-corrected chi connectivity index (χ4v) is 1.71. The van der Waals surface area contributed by atoms with Gasteiger partial charge in [0.2, 0.25) is 0 Å². The lowest BCUT2D eigenvalue weighted by atomic mass is 10.1. The normalized spacial score (nSPS) is 13.2. The van der Waals surface area contributed by atoms with E-state index in [2.05, 4.69) is 0 Å². The van der Waals surface area contributed by atoms with Crippen LogP contribution in [0, 0.1) is 0 Å². The molecule has 16 heavy (non-hydrogen) atoms. The van der Waals surface area contributed by atoms with Crippen molar-refractivity contribution in [3.63, 3.8) is 0 Å². The minimum Gasteiger partial charge on any atom is -0.497 e. The topological polar surface area (TPSA) is 60.4 Å². The third-order valence-electron chi connectivity index (χ3n) is 2.39. The highest BCUT2D eigenvalue weighted by Crippen LogP contribution is 2.14. The number of ketones is 1. The summed E-state index contributed by atoms with van der Waals surface area (Å²) in [6.07, 6.45) is 1.05. The van der Waals surface area contributed by atoms with Crippen molar-refractivity contribution in [1.82, 2.24) is 0 Å². The third-order valence-corrected chi connectivity index (χ3v) is 3.88. The van der Waals surface area contributed by atoms with Crippen LogP contribution in [0.3, 0.4) is 0 Å². The molecule has 0 saturated heterocycles. The fourth-order valence-electron chi connectivity index (χ4n) is 1.18. The van der Waals surface area contributed by atoms with Crippen LogP contribution in [0.2, 0.25) is 0 Å². The number of ether oxygens (including phenoxy) is 1. The molecule has 0 aliphatic rings. The zero-order chi connectivity index (χ0) is 12.3. The molecule has 1 rings (SSSR count). The largest absolute Gasteiger partial charge is 0.497 e. The van der Waals surface area contributed by atoms with Crippen LogP contribution >= 0.6 is 0 Å². The maximum atomic E-state index is 11.8. The Morgan fingerprint density at radius 3 is 2.12 bits per heavy atom. The molecule has 0 heterocycles. The molecule has 0 amide bonds. The molecule has 0 aliphatic heterocycles. The van der Waals surface area contributed by atoms with Gasteiger partial charge >= 0.3 is 0 Å². The Labute approximate surface area is 95.2 Å². The van der Waals surface area contributed by atoms with Crippen molar-refractivity contribution in [2.45, 2.75) is 12.2 Å². The Kier molecular flexibility index (Phi) is 3.70. The summed E-state index contributed by atoms with van der Waals surface area (Å²) in [4.78, 5) is 11.8. The highest BCUT2D eigenvalue weighted by atomic mass is 32.2. The van der Waals surface area contributed by atoms with E-state index in [1.807, 2.05) is 0 Å². The summed E-state index contributed by atoms with van der Waals surface area (Å²) in [5.74, 6) is 0.230. The van der Waals surface area contributed by atoms with Gasteiger partial charge in [-0.05, 0) is 31.2 Å². The van der Waals surface area contributed by atoms with Crippen LogP contribution in [0.5, 0.6) is 5.75 Å². The van der Waals surface area contributed by atoms with Crippen molar-refractivity contribution < 1.29 is 17.9 Å². The van der Waals surface area contributed by atoms with Gasteiger partial charge < -0.3 is 4.74 Å². The molecule has 0 aromatic heterocycles. The van der Waals surface area contributed by atoms with Crippen LogP contribution < -0.4 is 4.74 Å². The first-order valence-corrected chi connectivity index (χ1v) is 6.69. The Morgan fingerprint density at radius 2 is 1.75 bits per heavy atom. The molecule has 0 N–H and O–H groups in total. The SMILES string of the molecule is COc1ccc(C(=O)C(C)S(C)(=O)=O)cc1. The van der Waals surface area contributed by atoms with Gasteiger partial charge in [-0.1, -0.05) is 0 Å². The lowest BCUT2D eigenvalue weighted by Crippen LogP contribution is -2.26. The van der Waals surface area contributed by atoms with Crippen LogP contribution in [-0.4, -0.2) is 32.8 Å². The van der Waals surface area contributed by atoms with E-state index in [1.165, 1.54) is 14.0 Å². The first-order chi connectivity index (χ1) is 7.36. The van der Waals surface area contributed by atoms with E-state index < -0.39 is 20.9 Å². The molecule has 4 nitrogen and oxygen atoms in total. The second-order valence-electron chi connectivity index (χ2n) is 3.56. The quantitative estimate of drug-likeness (QED) is 0.747. The van der Waals surface area contributed by atoms with E-state index in [-0.39, 0.29) is 0 Å². The first kappa shape index (κ1) is 12.7. The fraction of sp³-hybridized carbons (Fsp3) is 0.364. The van der Waals surface area contributed by atoms with Gasteiger partial charge in [-0.25, -0.2) is 8.42 Å². The van der Waals surface area contributed by atoms with E-state index in [0.29, 0.717) is 11.3 Å². The summed E-state index contributed by atoms with van der Waals surface area (Å²) in [5.41, 5.74) is 0.374. The smallest absolute Gasteiger partial charge is 0.180 e. The van der Waals surface area contributed by atoms with Gasteiger partial charge in [0.15, 0.2) is 15.6 Å². The molecule has 1 unspecified atom stereocenters. The molecule has 0 fully saturated rings. The molecule has 0 aliphatic carbocycles. The molecular formula is C11H14O4S. The Bertz CT molecular complexity index is 473. The van der Waals surface area contributed by atoms with Crippen molar-refractivity contribution >= 4 is 15.6 Å². The van der Waals surface area contributed by atoms with Crippen LogP contribution in [0.15, 0.2) is 24.3 Å². The van der Waals surface area contributed by atoms with Crippen LogP contribution in [0.25, 0.3) is 0 Å². The first-order valence-electron chi connectivity index (χ1n) is 4.73. The van der Waals surface area contributed by atoms with Crippen molar-refractivity contribution in [1.29, 1.82) is 0 Å². The van der Waals surface area contributed by atoms with Gasteiger partial charge in [0.05, 0.1) is 7.11 Å². The van der Waals surface area contributed by atoms with Gasteiger partial charge in [0.1, 0.15) is 11.0 Å². The maximum absolute atomic E-state index is 11.8. The Hall–Kier alpha value is -1.36. The number of benzene rings is 1. The summed E-state index contributed by atoms with van der Waals surface area (Å²) in [7, 11) is -1.82. The molecular weight excluding hydrogens is 228 g/mol. The van der Waals surface area contributed by atoms with Gasteiger partial charge in [0, 0.05) is 11.8 Å². The summed E-state index contributed by atoms with van der Waals surface area (Å²) < 4.78 is 27.4. The number of hydrogen-bond donors (Lipinski definition) is 0. The molecule has 88 valence electrons. The summed E-state index contributed by atoms with van der Waals surface area (Å²) in [6.45, 7) is 1.39. The number of carbonyl (C=O) groups excluding carboxylic acids is 1. The number of carbonyl (C=O) groups is 1. The number of rotatable bonds is 4. The van der Waals surface area contributed by atoms with Crippen LogP contribution in [-0.2, 0) is 9.84 Å². The van der Waals surface area contributed by atoms with E-state index in [1.54, 1.807) is 24.3 Å². The molecule has 1 atom stereocenters. The highest BCUT2D eigenvalue weighted by Gasteiger charge is 2.24.